The first-order valence-corrected chi connectivity index (χ1v) is 10.2. The molecule has 0 saturated heterocycles. The Hall–Kier alpha value is -3.20. The van der Waals surface area contributed by atoms with Crippen molar-refractivity contribution in [2.45, 2.75) is 30.8 Å². The average Bonchev–Trinajstić information content (AvgIpc) is 3.08. The maximum atomic E-state index is 14.5. The minimum absolute atomic E-state index is 0.117. The Kier molecular flexibility index (Phi) is 6.83. The number of aromatic nitrogens is 3. The first kappa shape index (κ1) is 21.5. The molecule has 1 unspecified atom stereocenters. The molecule has 3 N–H and O–H groups in total. The predicted molar refractivity (Wildman–Crippen MR) is 113 cm³/mol. The van der Waals surface area contributed by atoms with Crippen molar-refractivity contribution in [3.63, 3.8) is 0 Å². The second-order valence-electron chi connectivity index (χ2n) is 6.99. The molecular weight excluding hydrogens is 405 g/mol. The van der Waals surface area contributed by atoms with Gasteiger partial charge in [0.05, 0.1) is 17.4 Å². The number of imide groups is 1. The number of nitrogens with one attached hydrogen (secondary N) is 1. The Morgan fingerprint density at radius 3 is 2.40 bits per heavy atom. The lowest BCUT2D eigenvalue weighted by atomic mass is 10.1. The SMILES string of the molecule is CC(C)C(Sc1nnc(-c2ccccc2F)n1Cc1ccccc1)C(=O)NC(N)=O. The fraction of sp³-hybridized carbons (Fsp3) is 0.238. The van der Waals surface area contributed by atoms with E-state index in [2.05, 4.69) is 15.5 Å². The van der Waals surface area contributed by atoms with Gasteiger partial charge in [-0.3, -0.25) is 14.7 Å². The Morgan fingerprint density at radius 2 is 1.77 bits per heavy atom. The summed E-state index contributed by atoms with van der Waals surface area (Å²) in [6.45, 7) is 4.10. The number of hydrogen-bond donors (Lipinski definition) is 2. The first-order valence-electron chi connectivity index (χ1n) is 9.35. The predicted octanol–water partition coefficient (Wildman–Crippen LogP) is 3.44. The molecule has 1 aromatic heterocycles. The van der Waals surface area contributed by atoms with Crippen molar-refractivity contribution in [2.75, 3.05) is 0 Å². The lowest BCUT2D eigenvalue weighted by Crippen LogP contribution is -2.42. The Balaban J connectivity index is 2.02. The second kappa shape index (κ2) is 9.53. The van der Waals surface area contributed by atoms with Gasteiger partial charge in [0.15, 0.2) is 11.0 Å². The number of thioether (sulfide) groups is 1. The largest absolute Gasteiger partial charge is 0.351 e. The average molecular weight is 428 g/mol. The van der Waals surface area contributed by atoms with Crippen LogP contribution in [0.1, 0.15) is 19.4 Å². The van der Waals surface area contributed by atoms with E-state index in [9.17, 15) is 14.0 Å². The molecule has 0 radical (unpaired) electrons. The van der Waals surface area contributed by atoms with Crippen LogP contribution in [0.2, 0.25) is 0 Å². The van der Waals surface area contributed by atoms with E-state index in [1.807, 2.05) is 44.2 Å². The number of nitrogens with zero attached hydrogens (tertiary/aromatic N) is 3. The normalized spacial score (nSPS) is 12.0. The third-order valence-electron chi connectivity index (χ3n) is 4.36. The maximum absolute atomic E-state index is 14.5. The van der Waals surface area contributed by atoms with Crippen molar-refractivity contribution in [3.05, 3.63) is 66.0 Å². The highest BCUT2D eigenvalue weighted by atomic mass is 32.2. The van der Waals surface area contributed by atoms with E-state index in [0.29, 0.717) is 23.1 Å². The highest BCUT2D eigenvalue weighted by Crippen LogP contribution is 2.31. The van der Waals surface area contributed by atoms with Crippen LogP contribution in [0.5, 0.6) is 0 Å². The monoisotopic (exact) mass is 427 g/mol. The molecule has 0 aliphatic heterocycles. The fourth-order valence-corrected chi connectivity index (χ4v) is 3.96. The van der Waals surface area contributed by atoms with Gasteiger partial charge in [-0.2, -0.15) is 0 Å². The summed E-state index contributed by atoms with van der Waals surface area (Å²) in [5.41, 5.74) is 6.39. The molecule has 30 heavy (non-hydrogen) atoms. The van der Waals surface area contributed by atoms with Gasteiger partial charge in [-0.15, -0.1) is 10.2 Å². The molecule has 7 nitrogen and oxygen atoms in total. The van der Waals surface area contributed by atoms with Crippen LogP contribution in [0, 0.1) is 11.7 Å². The van der Waals surface area contributed by atoms with Crippen molar-refractivity contribution in [3.8, 4) is 11.4 Å². The summed E-state index contributed by atoms with van der Waals surface area (Å²) in [4.78, 5) is 23.6. The maximum Gasteiger partial charge on any atom is 0.318 e. The zero-order chi connectivity index (χ0) is 21.7. The molecule has 2 aromatic carbocycles. The van der Waals surface area contributed by atoms with Crippen LogP contribution in [0.25, 0.3) is 11.4 Å². The van der Waals surface area contributed by atoms with Gasteiger partial charge in [0, 0.05) is 0 Å². The molecule has 3 aromatic rings. The fourth-order valence-electron chi connectivity index (χ4n) is 2.92. The smallest absolute Gasteiger partial charge is 0.318 e. The van der Waals surface area contributed by atoms with Crippen molar-refractivity contribution in [2.24, 2.45) is 11.7 Å². The van der Waals surface area contributed by atoms with Crippen LogP contribution in [0.15, 0.2) is 59.8 Å². The summed E-state index contributed by atoms with van der Waals surface area (Å²) in [5, 5.41) is 10.4. The van der Waals surface area contributed by atoms with Gasteiger partial charge in [-0.1, -0.05) is 68.1 Å². The number of carbonyl (C=O) groups is 2. The number of rotatable bonds is 7. The molecule has 0 aliphatic carbocycles. The van der Waals surface area contributed by atoms with Crippen molar-refractivity contribution in [1.82, 2.24) is 20.1 Å². The summed E-state index contributed by atoms with van der Waals surface area (Å²) in [7, 11) is 0. The molecule has 1 heterocycles. The highest BCUT2D eigenvalue weighted by molar-refractivity contribution is 8.00. The minimum atomic E-state index is -0.913. The van der Waals surface area contributed by atoms with Gasteiger partial charge < -0.3 is 5.73 Å². The molecule has 3 rings (SSSR count). The zero-order valence-corrected chi connectivity index (χ0v) is 17.4. The third kappa shape index (κ3) is 5.04. The zero-order valence-electron chi connectivity index (χ0n) is 16.6. The lowest BCUT2D eigenvalue weighted by molar-refractivity contribution is -0.120. The number of amides is 3. The van der Waals surface area contributed by atoms with E-state index in [1.165, 1.54) is 6.07 Å². The molecule has 3 amide bonds. The van der Waals surface area contributed by atoms with Gasteiger partial charge in [0.1, 0.15) is 5.82 Å². The van der Waals surface area contributed by atoms with Crippen LogP contribution in [0.3, 0.4) is 0 Å². The number of hydrogen-bond acceptors (Lipinski definition) is 5. The standard InChI is InChI=1S/C21H22FN5O2S/c1-13(2)17(19(28)24-20(23)29)30-21-26-25-18(15-10-6-7-11-16(15)22)27(21)12-14-8-4-3-5-9-14/h3-11,13,17H,12H2,1-2H3,(H3,23,24,28,29). The number of carbonyl (C=O) groups excluding carboxylic acids is 2. The van der Waals surface area contributed by atoms with E-state index >= 15 is 0 Å². The molecule has 0 aliphatic rings. The molecule has 9 heteroatoms. The van der Waals surface area contributed by atoms with Crippen molar-refractivity contribution < 1.29 is 14.0 Å². The first-order chi connectivity index (χ1) is 14.4. The second-order valence-corrected chi connectivity index (χ2v) is 8.10. The number of urea groups is 1. The van der Waals surface area contributed by atoms with Crippen molar-refractivity contribution >= 4 is 23.7 Å². The van der Waals surface area contributed by atoms with Crippen molar-refractivity contribution in [1.29, 1.82) is 0 Å². The summed E-state index contributed by atoms with van der Waals surface area (Å²) < 4.78 is 16.2. The number of primary amides is 1. The highest BCUT2D eigenvalue weighted by Gasteiger charge is 2.28. The number of halogens is 1. The lowest BCUT2D eigenvalue weighted by Gasteiger charge is -2.19. The van der Waals surface area contributed by atoms with E-state index in [0.717, 1.165) is 17.3 Å². The summed E-state index contributed by atoms with van der Waals surface area (Å²) in [5.74, 6) is -0.683. The number of nitrogens with two attached hydrogens (primary N) is 1. The van der Waals surface area contributed by atoms with Gasteiger partial charge >= 0.3 is 6.03 Å². The molecule has 0 fully saturated rings. The van der Waals surface area contributed by atoms with Crippen LogP contribution in [-0.4, -0.2) is 32.0 Å². The molecule has 0 saturated carbocycles. The van der Waals surface area contributed by atoms with Crippen LogP contribution < -0.4 is 11.1 Å². The van der Waals surface area contributed by atoms with E-state index in [-0.39, 0.29) is 5.92 Å². The van der Waals surface area contributed by atoms with E-state index < -0.39 is 23.0 Å². The van der Waals surface area contributed by atoms with Crippen LogP contribution in [0.4, 0.5) is 9.18 Å². The molecule has 0 spiro atoms. The Labute approximate surface area is 177 Å². The minimum Gasteiger partial charge on any atom is -0.351 e. The summed E-state index contributed by atoms with van der Waals surface area (Å²) in [6.07, 6.45) is 0. The van der Waals surface area contributed by atoms with Gasteiger partial charge in [-0.25, -0.2) is 9.18 Å². The van der Waals surface area contributed by atoms with E-state index in [4.69, 9.17) is 5.73 Å². The molecule has 1 atom stereocenters. The molecule has 0 bridgehead atoms. The molecular formula is C21H22FN5O2S. The Bertz CT molecular complexity index is 1040. The number of benzene rings is 2. The third-order valence-corrected chi connectivity index (χ3v) is 5.88. The topological polar surface area (TPSA) is 103 Å². The van der Waals surface area contributed by atoms with Crippen LogP contribution in [-0.2, 0) is 11.3 Å². The molecule has 156 valence electrons. The van der Waals surface area contributed by atoms with Gasteiger partial charge in [0.2, 0.25) is 5.91 Å². The van der Waals surface area contributed by atoms with Gasteiger partial charge in [0.25, 0.3) is 0 Å². The Morgan fingerprint density at radius 1 is 1.10 bits per heavy atom. The summed E-state index contributed by atoms with van der Waals surface area (Å²) in [6, 6.07) is 15.0. The van der Waals surface area contributed by atoms with E-state index in [1.54, 1.807) is 22.8 Å². The van der Waals surface area contributed by atoms with Gasteiger partial charge in [-0.05, 0) is 23.6 Å². The van der Waals surface area contributed by atoms with Crippen LogP contribution >= 0.6 is 11.8 Å². The summed E-state index contributed by atoms with van der Waals surface area (Å²) >= 11 is 1.16. The quantitative estimate of drug-likeness (QED) is 0.562.